The van der Waals surface area contributed by atoms with Gasteiger partial charge >= 0.3 is 0 Å². The Morgan fingerprint density at radius 3 is 1.97 bits per heavy atom. The zero-order valence-electron chi connectivity index (χ0n) is 18.6. The summed E-state index contributed by atoms with van der Waals surface area (Å²) in [7, 11) is -4.42. The van der Waals surface area contributed by atoms with Crippen molar-refractivity contribution >= 4 is 10.1 Å². The van der Waals surface area contributed by atoms with E-state index >= 15 is 0 Å². The summed E-state index contributed by atoms with van der Waals surface area (Å²) in [5.74, 6) is 0.183. The van der Waals surface area contributed by atoms with E-state index in [-0.39, 0.29) is 22.1 Å². The molecule has 0 spiro atoms. The van der Waals surface area contributed by atoms with Crippen LogP contribution in [-0.4, -0.2) is 18.1 Å². The minimum absolute atomic E-state index is 0.00770. The number of aryl methyl sites for hydroxylation is 1. The van der Waals surface area contributed by atoms with E-state index < -0.39 is 10.1 Å². The fourth-order valence-electron chi connectivity index (χ4n) is 3.72. The van der Waals surface area contributed by atoms with Gasteiger partial charge < -0.3 is 9.84 Å². The van der Waals surface area contributed by atoms with Crippen LogP contribution >= 0.6 is 0 Å². The van der Waals surface area contributed by atoms with E-state index in [1.54, 1.807) is 12.1 Å². The summed E-state index contributed by atoms with van der Waals surface area (Å²) in [6, 6.07) is 11.0. The first-order valence-electron chi connectivity index (χ1n) is 11.5. The van der Waals surface area contributed by atoms with Gasteiger partial charge in [-0.05, 0) is 36.6 Å². The molecule has 2 rings (SSSR count). The van der Waals surface area contributed by atoms with Crippen molar-refractivity contribution in [2.45, 2.75) is 88.9 Å². The summed E-state index contributed by atoms with van der Waals surface area (Å²) in [5, 5.41) is 10.3. The van der Waals surface area contributed by atoms with E-state index in [0.717, 1.165) is 24.8 Å². The largest absolute Gasteiger partial charge is 0.504 e. The Morgan fingerprint density at radius 2 is 1.35 bits per heavy atom. The average Bonchev–Trinajstić information content (AvgIpc) is 2.74. The monoisotopic (exact) mass is 448 g/mol. The van der Waals surface area contributed by atoms with Crippen molar-refractivity contribution < 1.29 is 22.8 Å². The summed E-state index contributed by atoms with van der Waals surface area (Å²) < 4.78 is 38.4. The fourth-order valence-corrected chi connectivity index (χ4v) is 4.34. The van der Waals surface area contributed by atoms with Crippen molar-refractivity contribution in [3.05, 3.63) is 48.0 Å². The second kappa shape index (κ2) is 13.4. The Labute approximate surface area is 187 Å². The third-order valence-electron chi connectivity index (χ3n) is 5.46. The van der Waals surface area contributed by atoms with Gasteiger partial charge in [0.2, 0.25) is 0 Å². The Kier molecular flexibility index (Phi) is 10.9. The predicted molar refractivity (Wildman–Crippen MR) is 125 cm³/mol. The third kappa shape index (κ3) is 8.91. The lowest BCUT2D eigenvalue weighted by molar-refractivity contribution is 0.397. The number of phenolic OH excluding ortho intramolecular Hbond substituents is 1. The number of benzene rings is 2. The number of ether oxygens (including phenoxy) is 1. The molecule has 0 fully saturated rings. The van der Waals surface area contributed by atoms with Crippen LogP contribution in [0.4, 0.5) is 0 Å². The highest BCUT2D eigenvalue weighted by molar-refractivity contribution is 7.86. The molecule has 0 bridgehead atoms. The van der Waals surface area contributed by atoms with E-state index in [2.05, 4.69) is 6.92 Å². The molecule has 5 nitrogen and oxygen atoms in total. The Hall–Kier alpha value is -2.05. The second-order valence-electron chi connectivity index (χ2n) is 8.07. The molecule has 172 valence electrons. The molecular weight excluding hydrogens is 412 g/mol. The smallest absolute Gasteiger partial charge is 0.298 e. The summed E-state index contributed by atoms with van der Waals surface area (Å²) in [5.41, 5.74) is 0.820. The number of hydrogen-bond acceptors (Lipinski definition) is 4. The first-order valence-corrected chi connectivity index (χ1v) is 12.9. The molecule has 6 heteroatoms. The van der Waals surface area contributed by atoms with Crippen molar-refractivity contribution in [1.29, 1.82) is 0 Å². The lowest BCUT2D eigenvalue weighted by atomic mass is 10.0. The van der Waals surface area contributed by atoms with E-state index in [0.29, 0.717) is 0 Å². The summed E-state index contributed by atoms with van der Waals surface area (Å²) in [6.07, 6.45) is 14.6. The molecule has 0 saturated carbocycles. The van der Waals surface area contributed by atoms with Gasteiger partial charge in [0.15, 0.2) is 11.5 Å². The molecule has 0 atom stereocenters. The van der Waals surface area contributed by atoms with Crippen LogP contribution in [0.15, 0.2) is 47.4 Å². The van der Waals surface area contributed by atoms with Gasteiger partial charge in [-0.25, -0.2) is 0 Å². The molecule has 0 saturated heterocycles. The Balaban J connectivity index is 1.84. The topological polar surface area (TPSA) is 83.8 Å². The van der Waals surface area contributed by atoms with Crippen molar-refractivity contribution in [2.24, 2.45) is 0 Å². The van der Waals surface area contributed by atoms with Crippen molar-refractivity contribution in [3.8, 4) is 17.2 Å². The number of rotatable bonds is 15. The highest BCUT2D eigenvalue weighted by Crippen LogP contribution is 2.37. The lowest BCUT2D eigenvalue weighted by Crippen LogP contribution is -2.02. The Bertz CT molecular complexity index is 893. The Morgan fingerprint density at radius 1 is 0.774 bits per heavy atom. The van der Waals surface area contributed by atoms with Gasteiger partial charge in [0, 0.05) is 0 Å². The van der Waals surface area contributed by atoms with Crippen molar-refractivity contribution in [2.75, 3.05) is 0 Å². The van der Waals surface area contributed by atoms with Crippen molar-refractivity contribution in [3.63, 3.8) is 0 Å². The third-order valence-corrected chi connectivity index (χ3v) is 6.36. The molecule has 2 aromatic rings. The summed E-state index contributed by atoms with van der Waals surface area (Å²) in [6.45, 7) is 2.24. The molecule has 0 unspecified atom stereocenters. The van der Waals surface area contributed by atoms with Crippen LogP contribution in [0.3, 0.4) is 0 Å². The van der Waals surface area contributed by atoms with Crippen LogP contribution in [-0.2, 0) is 16.5 Å². The van der Waals surface area contributed by atoms with Gasteiger partial charge in [0.05, 0.1) is 0 Å². The maximum atomic E-state index is 11.6. The SMILES string of the molecule is CCCCCCCCCCCCCc1cccc(O)c1Oc1ccccc1S(=O)(=O)O. The molecule has 0 aromatic heterocycles. The zero-order chi connectivity index (χ0) is 22.5. The van der Waals surface area contributed by atoms with E-state index in [1.165, 1.54) is 82.1 Å². The van der Waals surface area contributed by atoms with Crippen molar-refractivity contribution in [1.82, 2.24) is 0 Å². The van der Waals surface area contributed by atoms with Crippen LogP contribution in [0.25, 0.3) is 0 Å². The molecule has 2 aromatic carbocycles. The number of para-hydroxylation sites is 2. The van der Waals surface area contributed by atoms with Gasteiger partial charge in [-0.15, -0.1) is 0 Å². The molecule has 0 radical (unpaired) electrons. The number of phenols is 1. The molecular formula is C25H36O5S. The molecule has 0 heterocycles. The molecule has 0 aliphatic heterocycles. The van der Waals surface area contributed by atoms with E-state index in [9.17, 15) is 18.1 Å². The van der Waals surface area contributed by atoms with E-state index in [4.69, 9.17) is 4.74 Å². The molecule has 0 aliphatic rings. The van der Waals surface area contributed by atoms with Gasteiger partial charge in [0.1, 0.15) is 10.6 Å². The number of unbranched alkanes of at least 4 members (excludes halogenated alkanes) is 10. The standard InChI is InChI=1S/C25H36O5S/c1-2-3-4-5-6-7-8-9-10-11-12-16-21-17-15-18-22(26)25(21)30-23-19-13-14-20-24(23)31(27,28)29/h13-15,17-20,26H,2-12,16H2,1H3,(H,27,28,29). The van der Waals surface area contributed by atoms with Crippen LogP contribution in [0, 0.1) is 0 Å². The lowest BCUT2D eigenvalue weighted by Gasteiger charge is -2.14. The predicted octanol–water partition coefficient (Wildman–Crippen LogP) is 7.28. The molecule has 2 N–H and O–H groups in total. The first kappa shape index (κ1) is 25.2. The normalized spacial score (nSPS) is 11.5. The van der Waals surface area contributed by atoms with Crippen LogP contribution in [0.1, 0.15) is 83.1 Å². The summed E-state index contributed by atoms with van der Waals surface area (Å²) >= 11 is 0. The molecule has 0 aliphatic carbocycles. The minimum Gasteiger partial charge on any atom is -0.504 e. The minimum atomic E-state index is -4.42. The van der Waals surface area contributed by atoms with Gasteiger partial charge in [0.25, 0.3) is 10.1 Å². The quantitative estimate of drug-likeness (QED) is 0.221. The van der Waals surface area contributed by atoms with Gasteiger partial charge in [-0.1, -0.05) is 95.4 Å². The van der Waals surface area contributed by atoms with Crippen LogP contribution in [0.5, 0.6) is 17.2 Å². The average molecular weight is 449 g/mol. The van der Waals surface area contributed by atoms with Crippen LogP contribution in [0.2, 0.25) is 0 Å². The second-order valence-corrected chi connectivity index (χ2v) is 9.46. The first-order chi connectivity index (χ1) is 14.9. The molecule has 31 heavy (non-hydrogen) atoms. The van der Waals surface area contributed by atoms with Crippen LogP contribution < -0.4 is 4.74 Å². The highest BCUT2D eigenvalue weighted by atomic mass is 32.2. The summed E-state index contributed by atoms with van der Waals surface area (Å²) in [4.78, 5) is -0.320. The van der Waals surface area contributed by atoms with Gasteiger partial charge in [-0.3, -0.25) is 4.55 Å². The molecule has 0 amide bonds. The number of hydrogen-bond donors (Lipinski definition) is 2. The fraction of sp³-hybridized carbons (Fsp3) is 0.520. The number of aromatic hydroxyl groups is 1. The van der Waals surface area contributed by atoms with Gasteiger partial charge in [-0.2, -0.15) is 8.42 Å². The maximum absolute atomic E-state index is 11.6. The highest BCUT2D eigenvalue weighted by Gasteiger charge is 2.19. The maximum Gasteiger partial charge on any atom is 0.298 e. The van der Waals surface area contributed by atoms with E-state index in [1.807, 2.05) is 6.07 Å². The zero-order valence-corrected chi connectivity index (χ0v) is 19.4.